The van der Waals surface area contributed by atoms with E-state index in [2.05, 4.69) is 20.9 Å². The van der Waals surface area contributed by atoms with E-state index >= 15 is 0 Å². The number of fused-ring (bicyclic) bond motifs is 1. The summed E-state index contributed by atoms with van der Waals surface area (Å²) in [5.41, 5.74) is 1.01. The van der Waals surface area contributed by atoms with Crippen LogP contribution in [0.5, 0.6) is 0 Å². The fraction of sp³-hybridized carbons (Fsp3) is 0.273. The molecular formula is C11H11BrN2O2. The van der Waals surface area contributed by atoms with Gasteiger partial charge in [-0.25, -0.2) is 4.98 Å². The molecular weight excluding hydrogens is 272 g/mol. The maximum Gasteiger partial charge on any atom is 0.303 e. The van der Waals surface area contributed by atoms with E-state index in [1.165, 1.54) is 0 Å². The summed E-state index contributed by atoms with van der Waals surface area (Å²) in [7, 11) is 0. The van der Waals surface area contributed by atoms with Crippen LogP contribution in [0.25, 0.3) is 5.52 Å². The predicted molar refractivity (Wildman–Crippen MR) is 63.5 cm³/mol. The summed E-state index contributed by atoms with van der Waals surface area (Å²) in [5, 5.41) is 8.57. The Balaban J connectivity index is 2.21. The molecule has 0 spiro atoms. The minimum atomic E-state index is -0.764. The van der Waals surface area contributed by atoms with Gasteiger partial charge in [0.1, 0.15) is 10.4 Å². The molecule has 0 aliphatic rings. The van der Waals surface area contributed by atoms with Crippen molar-refractivity contribution in [2.24, 2.45) is 0 Å². The molecule has 1 N–H and O–H groups in total. The second-order valence-corrected chi connectivity index (χ2v) is 4.27. The number of carbonyl (C=O) groups is 1. The maximum absolute atomic E-state index is 10.4. The second kappa shape index (κ2) is 4.65. The van der Waals surface area contributed by atoms with E-state index in [9.17, 15) is 4.79 Å². The van der Waals surface area contributed by atoms with Crippen molar-refractivity contribution in [3.05, 3.63) is 34.8 Å². The molecule has 0 saturated heterocycles. The van der Waals surface area contributed by atoms with Crippen molar-refractivity contribution in [2.45, 2.75) is 19.3 Å². The lowest BCUT2D eigenvalue weighted by molar-refractivity contribution is -0.137. The number of aryl methyl sites for hydroxylation is 1. The average molecular weight is 283 g/mol. The van der Waals surface area contributed by atoms with Crippen LogP contribution in [0.2, 0.25) is 0 Å². The average Bonchev–Trinajstić information content (AvgIpc) is 2.57. The van der Waals surface area contributed by atoms with Crippen LogP contribution in [0.3, 0.4) is 0 Å². The summed E-state index contributed by atoms with van der Waals surface area (Å²) in [6, 6.07) is 5.85. The number of hydrogen-bond donors (Lipinski definition) is 1. The van der Waals surface area contributed by atoms with Gasteiger partial charge in [-0.15, -0.1) is 0 Å². The van der Waals surface area contributed by atoms with Crippen molar-refractivity contribution in [1.29, 1.82) is 0 Å². The van der Waals surface area contributed by atoms with Crippen molar-refractivity contribution >= 4 is 27.4 Å². The van der Waals surface area contributed by atoms with Crippen LogP contribution in [0.4, 0.5) is 0 Å². The van der Waals surface area contributed by atoms with Gasteiger partial charge in [-0.1, -0.05) is 6.07 Å². The number of nitrogens with zero attached hydrogens (tertiary/aromatic N) is 2. The Hall–Kier alpha value is -1.36. The van der Waals surface area contributed by atoms with Gasteiger partial charge in [-0.05, 0) is 34.5 Å². The Kier molecular flexibility index (Phi) is 3.24. The molecule has 0 aromatic carbocycles. The van der Waals surface area contributed by atoms with E-state index in [4.69, 9.17) is 5.11 Å². The lowest BCUT2D eigenvalue weighted by Crippen LogP contribution is -1.99. The van der Waals surface area contributed by atoms with Crippen LogP contribution in [-0.2, 0) is 11.2 Å². The van der Waals surface area contributed by atoms with Gasteiger partial charge in [0.25, 0.3) is 0 Å². The topological polar surface area (TPSA) is 54.6 Å². The molecule has 2 heterocycles. The quantitative estimate of drug-likeness (QED) is 0.938. The van der Waals surface area contributed by atoms with Gasteiger partial charge in [0.2, 0.25) is 0 Å². The van der Waals surface area contributed by atoms with Gasteiger partial charge >= 0.3 is 5.97 Å². The Morgan fingerprint density at radius 2 is 2.31 bits per heavy atom. The zero-order valence-electron chi connectivity index (χ0n) is 8.56. The van der Waals surface area contributed by atoms with E-state index in [-0.39, 0.29) is 6.42 Å². The van der Waals surface area contributed by atoms with E-state index in [1.54, 1.807) is 0 Å². The number of carboxylic acid groups (broad SMARTS) is 1. The monoisotopic (exact) mass is 282 g/mol. The van der Waals surface area contributed by atoms with Gasteiger partial charge in [0.15, 0.2) is 0 Å². The highest BCUT2D eigenvalue weighted by atomic mass is 79.9. The summed E-state index contributed by atoms with van der Waals surface area (Å²) in [6.07, 6.45) is 3.39. The molecule has 0 amide bonds. The molecule has 2 aromatic rings. The van der Waals surface area contributed by atoms with Crippen LogP contribution in [0.1, 0.15) is 18.7 Å². The van der Waals surface area contributed by atoms with Gasteiger partial charge in [0, 0.05) is 19.0 Å². The van der Waals surface area contributed by atoms with Crippen LogP contribution in [0.15, 0.2) is 29.0 Å². The largest absolute Gasteiger partial charge is 0.481 e. The molecule has 0 radical (unpaired) electrons. The zero-order valence-corrected chi connectivity index (χ0v) is 10.1. The first-order valence-corrected chi connectivity index (χ1v) is 5.81. The van der Waals surface area contributed by atoms with E-state index < -0.39 is 5.97 Å². The first kappa shape index (κ1) is 11.1. The molecule has 16 heavy (non-hydrogen) atoms. The van der Waals surface area contributed by atoms with Gasteiger partial charge in [0.05, 0.1) is 5.52 Å². The lowest BCUT2D eigenvalue weighted by Gasteiger charge is -1.99. The van der Waals surface area contributed by atoms with Crippen molar-refractivity contribution in [1.82, 2.24) is 9.38 Å². The summed E-state index contributed by atoms with van der Waals surface area (Å²) >= 11 is 3.39. The molecule has 0 bridgehead atoms. The van der Waals surface area contributed by atoms with Crippen molar-refractivity contribution in [3.8, 4) is 0 Å². The van der Waals surface area contributed by atoms with Gasteiger partial charge in [-0.3, -0.25) is 4.79 Å². The molecule has 2 rings (SSSR count). The van der Waals surface area contributed by atoms with Crippen molar-refractivity contribution < 1.29 is 9.90 Å². The lowest BCUT2D eigenvalue weighted by atomic mass is 10.2. The standard InChI is InChI=1S/C11H11BrN2O2/c12-11-8-4-1-2-7-14(8)9(13-11)5-3-6-10(15)16/h1-2,4,7H,3,5-6H2,(H,15,16). The van der Waals surface area contributed by atoms with Crippen LogP contribution >= 0.6 is 15.9 Å². The Morgan fingerprint density at radius 1 is 1.50 bits per heavy atom. The smallest absolute Gasteiger partial charge is 0.303 e. The number of hydrogen-bond acceptors (Lipinski definition) is 2. The number of aliphatic carboxylic acids is 1. The molecule has 0 unspecified atom stereocenters. The van der Waals surface area contributed by atoms with Crippen LogP contribution in [0, 0.1) is 0 Å². The molecule has 0 atom stereocenters. The summed E-state index contributed by atoms with van der Waals surface area (Å²) < 4.78 is 2.78. The molecule has 0 fully saturated rings. The highest BCUT2D eigenvalue weighted by molar-refractivity contribution is 9.10. The number of pyridine rings is 1. The van der Waals surface area contributed by atoms with Crippen molar-refractivity contribution in [2.75, 3.05) is 0 Å². The highest BCUT2D eigenvalue weighted by Crippen LogP contribution is 2.19. The second-order valence-electron chi connectivity index (χ2n) is 3.52. The fourth-order valence-corrected chi connectivity index (χ4v) is 2.16. The predicted octanol–water partition coefficient (Wildman–Crippen LogP) is 2.50. The third kappa shape index (κ3) is 2.24. The zero-order chi connectivity index (χ0) is 11.5. The number of aromatic nitrogens is 2. The highest BCUT2D eigenvalue weighted by Gasteiger charge is 2.08. The van der Waals surface area contributed by atoms with Crippen LogP contribution in [-0.4, -0.2) is 20.5 Å². The van der Waals surface area contributed by atoms with E-state index in [0.29, 0.717) is 12.8 Å². The van der Waals surface area contributed by atoms with Gasteiger partial charge < -0.3 is 9.51 Å². The number of carboxylic acids is 1. The summed E-state index contributed by atoms with van der Waals surface area (Å²) in [4.78, 5) is 14.8. The Morgan fingerprint density at radius 3 is 3.06 bits per heavy atom. The Bertz CT molecular complexity index is 522. The minimum Gasteiger partial charge on any atom is -0.481 e. The molecule has 0 aliphatic heterocycles. The molecule has 5 heteroatoms. The number of imidazole rings is 1. The van der Waals surface area contributed by atoms with Gasteiger partial charge in [-0.2, -0.15) is 0 Å². The molecule has 0 saturated carbocycles. The number of halogens is 1. The summed E-state index contributed by atoms with van der Waals surface area (Å²) in [5.74, 6) is 0.128. The first-order valence-electron chi connectivity index (χ1n) is 5.02. The normalized spacial score (nSPS) is 10.8. The molecule has 0 aliphatic carbocycles. The SMILES string of the molecule is O=C(O)CCCc1nc(Br)c2ccccn12. The Labute approximate surface area is 101 Å². The molecule has 2 aromatic heterocycles. The fourth-order valence-electron chi connectivity index (χ4n) is 1.63. The third-order valence-corrected chi connectivity index (χ3v) is 2.95. The van der Waals surface area contributed by atoms with E-state index in [0.717, 1.165) is 15.9 Å². The maximum atomic E-state index is 10.4. The molecule has 4 nitrogen and oxygen atoms in total. The number of rotatable bonds is 4. The first-order chi connectivity index (χ1) is 7.68. The van der Waals surface area contributed by atoms with E-state index in [1.807, 2.05) is 28.8 Å². The van der Waals surface area contributed by atoms with Crippen molar-refractivity contribution in [3.63, 3.8) is 0 Å². The summed E-state index contributed by atoms with van der Waals surface area (Å²) in [6.45, 7) is 0. The van der Waals surface area contributed by atoms with Crippen LogP contribution < -0.4 is 0 Å². The molecule has 84 valence electrons. The minimum absolute atomic E-state index is 0.180. The third-order valence-electron chi connectivity index (χ3n) is 2.37.